The van der Waals surface area contributed by atoms with Crippen molar-refractivity contribution in [2.24, 2.45) is 5.92 Å². The van der Waals surface area contributed by atoms with Crippen molar-refractivity contribution >= 4 is 11.4 Å². The molecule has 0 atom stereocenters. The highest BCUT2D eigenvalue weighted by Gasteiger charge is 2.19. The summed E-state index contributed by atoms with van der Waals surface area (Å²) in [6, 6.07) is 5.68. The highest BCUT2D eigenvalue weighted by atomic mass is 16.5. The maximum atomic E-state index is 9.46. The van der Waals surface area contributed by atoms with Crippen LogP contribution in [0.3, 0.4) is 0 Å². The summed E-state index contributed by atoms with van der Waals surface area (Å²) in [6.07, 6.45) is 3.93. The van der Waals surface area contributed by atoms with Crippen molar-refractivity contribution in [3.05, 3.63) is 18.2 Å². The quantitative estimate of drug-likeness (QED) is 0.717. The number of ether oxygens (including phenoxy) is 1. The molecule has 0 radical (unpaired) electrons. The summed E-state index contributed by atoms with van der Waals surface area (Å²) in [5, 5.41) is 12.8. The lowest BCUT2D eigenvalue weighted by Gasteiger charge is -2.26. The van der Waals surface area contributed by atoms with Crippen molar-refractivity contribution < 1.29 is 9.84 Å². The van der Waals surface area contributed by atoms with Crippen LogP contribution in [0, 0.1) is 5.92 Å². The lowest BCUT2D eigenvalue weighted by molar-refractivity contribution is 0.111. The number of anilines is 2. The second kappa shape index (κ2) is 5.96. The van der Waals surface area contributed by atoms with E-state index in [1.165, 1.54) is 0 Å². The molecule has 0 spiro atoms. The van der Waals surface area contributed by atoms with Crippen LogP contribution in [0.4, 0.5) is 11.4 Å². The van der Waals surface area contributed by atoms with Crippen molar-refractivity contribution in [2.45, 2.75) is 31.8 Å². The molecule has 0 saturated heterocycles. The third kappa shape index (κ3) is 3.29. The van der Waals surface area contributed by atoms with Gasteiger partial charge in [0.25, 0.3) is 0 Å². The van der Waals surface area contributed by atoms with Gasteiger partial charge in [-0.25, -0.2) is 0 Å². The molecule has 1 saturated carbocycles. The summed E-state index contributed by atoms with van der Waals surface area (Å²) in [5.74, 6) is 1.41. The SMILES string of the molecule is COc1ccc(NCC2CCC(O)CC2)c(N)c1. The minimum Gasteiger partial charge on any atom is -0.497 e. The van der Waals surface area contributed by atoms with Gasteiger partial charge in [0.15, 0.2) is 0 Å². The predicted octanol–water partition coefficient (Wildman–Crippen LogP) is 2.24. The molecule has 2 rings (SSSR count). The van der Waals surface area contributed by atoms with Gasteiger partial charge in [-0.1, -0.05) is 0 Å². The fourth-order valence-corrected chi connectivity index (χ4v) is 2.43. The lowest BCUT2D eigenvalue weighted by atomic mass is 9.87. The Balaban J connectivity index is 1.86. The van der Waals surface area contributed by atoms with Crippen molar-refractivity contribution in [1.82, 2.24) is 0 Å². The number of benzene rings is 1. The van der Waals surface area contributed by atoms with Crippen LogP contribution < -0.4 is 15.8 Å². The number of aliphatic hydroxyl groups excluding tert-OH is 1. The predicted molar refractivity (Wildman–Crippen MR) is 73.9 cm³/mol. The number of aliphatic hydroxyl groups is 1. The van der Waals surface area contributed by atoms with E-state index in [1.54, 1.807) is 7.11 Å². The smallest absolute Gasteiger partial charge is 0.121 e. The minimum absolute atomic E-state index is 0.0905. The second-order valence-electron chi connectivity index (χ2n) is 5.01. The molecular weight excluding hydrogens is 228 g/mol. The van der Waals surface area contributed by atoms with Crippen LogP contribution in [0.15, 0.2) is 18.2 Å². The van der Waals surface area contributed by atoms with Gasteiger partial charge in [0, 0.05) is 12.6 Å². The van der Waals surface area contributed by atoms with Gasteiger partial charge in [-0.3, -0.25) is 0 Å². The molecule has 4 N–H and O–H groups in total. The van der Waals surface area contributed by atoms with Crippen LogP contribution in [-0.2, 0) is 0 Å². The zero-order chi connectivity index (χ0) is 13.0. The minimum atomic E-state index is -0.0905. The van der Waals surface area contributed by atoms with E-state index < -0.39 is 0 Å². The summed E-state index contributed by atoms with van der Waals surface area (Å²) in [6.45, 7) is 0.920. The van der Waals surface area contributed by atoms with E-state index >= 15 is 0 Å². The monoisotopic (exact) mass is 250 g/mol. The van der Waals surface area contributed by atoms with Crippen LogP contribution in [0.25, 0.3) is 0 Å². The first kappa shape index (κ1) is 13.0. The molecule has 1 aromatic carbocycles. The average Bonchev–Trinajstić information content (AvgIpc) is 2.39. The normalized spacial score (nSPS) is 23.7. The Morgan fingerprint density at radius 3 is 2.67 bits per heavy atom. The van der Waals surface area contributed by atoms with E-state index in [9.17, 15) is 5.11 Å². The van der Waals surface area contributed by atoms with Gasteiger partial charge in [-0.05, 0) is 43.7 Å². The van der Waals surface area contributed by atoms with Crippen LogP contribution in [0.1, 0.15) is 25.7 Å². The molecule has 1 aliphatic rings. The molecule has 100 valence electrons. The fraction of sp³-hybridized carbons (Fsp3) is 0.571. The molecule has 4 heteroatoms. The lowest BCUT2D eigenvalue weighted by Crippen LogP contribution is -2.23. The van der Waals surface area contributed by atoms with Gasteiger partial charge in [0.05, 0.1) is 24.6 Å². The summed E-state index contributed by atoms with van der Waals surface area (Å²) in [5.41, 5.74) is 7.63. The molecule has 0 unspecified atom stereocenters. The van der Waals surface area contributed by atoms with Crippen LogP contribution >= 0.6 is 0 Å². The molecular formula is C14H22N2O2. The Hall–Kier alpha value is -1.42. The molecule has 1 fully saturated rings. The van der Waals surface area contributed by atoms with Gasteiger partial charge in [0.1, 0.15) is 5.75 Å². The van der Waals surface area contributed by atoms with Gasteiger partial charge in [-0.15, -0.1) is 0 Å². The molecule has 0 amide bonds. The number of hydrogen-bond acceptors (Lipinski definition) is 4. The third-order valence-electron chi connectivity index (χ3n) is 3.66. The van der Waals surface area contributed by atoms with Gasteiger partial charge in [0.2, 0.25) is 0 Å². The van der Waals surface area contributed by atoms with Crippen LogP contribution in [0.2, 0.25) is 0 Å². The standard InChI is InChI=1S/C14H22N2O2/c1-18-12-6-7-14(13(15)8-12)16-9-10-2-4-11(17)5-3-10/h6-8,10-11,16-17H,2-5,9,15H2,1H3. The van der Waals surface area contributed by atoms with Gasteiger partial charge >= 0.3 is 0 Å². The zero-order valence-corrected chi connectivity index (χ0v) is 10.9. The first-order chi connectivity index (χ1) is 8.69. The van der Waals surface area contributed by atoms with Crippen LogP contribution in [-0.4, -0.2) is 24.9 Å². The summed E-state index contributed by atoms with van der Waals surface area (Å²) in [4.78, 5) is 0. The number of methoxy groups -OCH3 is 1. The van der Waals surface area contributed by atoms with E-state index in [1.807, 2.05) is 18.2 Å². The number of rotatable bonds is 4. The van der Waals surface area contributed by atoms with Crippen molar-refractivity contribution in [3.8, 4) is 5.75 Å². The Labute approximate surface area is 108 Å². The van der Waals surface area contributed by atoms with Gasteiger partial charge in [-0.2, -0.15) is 0 Å². The first-order valence-electron chi connectivity index (χ1n) is 6.54. The summed E-state index contributed by atoms with van der Waals surface area (Å²) >= 11 is 0. The zero-order valence-electron chi connectivity index (χ0n) is 10.9. The Bertz CT molecular complexity index is 387. The third-order valence-corrected chi connectivity index (χ3v) is 3.66. The van der Waals surface area contributed by atoms with Gasteiger partial charge < -0.3 is 20.9 Å². The maximum absolute atomic E-state index is 9.46. The fourth-order valence-electron chi connectivity index (χ4n) is 2.43. The number of nitrogens with two attached hydrogens (primary N) is 1. The molecule has 18 heavy (non-hydrogen) atoms. The molecule has 1 aliphatic carbocycles. The van der Waals surface area contributed by atoms with Crippen molar-refractivity contribution in [1.29, 1.82) is 0 Å². The number of nitrogens with one attached hydrogen (secondary N) is 1. The molecule has 0 bridgehead atoms. The van der Waals surface area contributed by atoms with E-state index in [4.69, 9.17) is 10.5 Å². The Morgan fingerprint density at radius 1 is 1.33 bits per heavy atom. The molecule has 0 aliphatic heterocycles. The molecule has 4 nitrogen and oxygen atoms in total. The van der Waals surface area contributed by atoms with Crippen molar-refractivity contribution in [2.75, 3.05) is 24.7 Å². The Kier molecular flexibility index (Phi) is 4.31. The topological polar surface area (TPSA) is 67.5 Å². The first-order valence-corrected chi connectivity index (χ1v) is 6.54. The summed E-state index contributed by atoms with van der Waals surface area (Å²) in [7, 11) is 1.63. The molecule has 0 heterocycles. The number of hydrogen-bond donors (Lipinski definition) is 3. The van der Waals surface area contributed by atoms with E-state index in [0.717, 1.165) is 43.7 Å². The highest BCUT2D eigenvalue weighted by molar-refractivity contribution is 5.68. The average molecular weight is 250 g/mol. The molecule has 0 aromatic heterocycles. The number of nitrogen functional groups attached to an aromatic ring is 1. The summed E-state index contributed by atoms with van der Waals surface area (Å²) < 4.78 is 5.12. The second-order valence-corrected chi connectivity index (χ2v) is 5.01. The maximum Gasteiger partial charge on any atom is 0.121 e. The largest absolute Gasteiger partial charge is 0.497 e. The van der Waals surface area contributed by atoms with E-state index in [2.05, 4.69) is 5.32 Å². The van der Waals surface area contributed by atoms with E-state index in [0.29, 0.717) is 11.6 Å². The molecule has 1 aromatic rings. The van der Waals surface area contributed by atoms with E-state index in [-0.39, 0.29) is 6.10 Å². The highest BCUT2D eigenvalue weighted by Crippen LogP contribution is 2.27. The Morgan fingerprint density at radius 2 is 2.06 bits per heavy atom. The van der Waals surface area contributed by atoms with Crippen molar-refractivity contribution in [3.63, 3.8) is 0 Å². The van der Waals surface area contributed by atoms with Crippen LogP contribution in [0.5, 0.6) is 5.75 Å².